The van der Waals surface area contributed by atoms with E-state index in [-0.39, 0.29) is 37.4 Å². The van der Waals surface area contributed by atoms with E-state index in [4.69, 9.17) is 0 Å². The van der Waals surface area contributed by atoms with E-state index in [2.05, 4.69) is 20.1 Å². The number of likely N-dealkylation sites (tertiary alicyclic amines) is 1. The highest BCUT2D eigenvalue weighted by atomic mass is 32.2. The zero-order chi connectivity index (χ0) is 29.5. The van der Waals surface area contributed by atoms with Crippen LogP contribution in [-0.2, 0) is 14.4 Å². The molecule has 2 aromatic carbocycles. The Morgan fingerprint density at radius 3 is 2.24 bits per heavy atom. The predicted octanol–water partition coefficient (Wildman–Crippen LogP) is 4.52. The summed E-state index contributed by atoms with van der Waals surface area (Å²) in [6.07, 6.45) is 4.76. The molecule has 3 aliphatic rings. The summed E-state index contributed by atoms with van der Waals surface area (Å²) in [7, 11) is 0. The molecule has 0 radical (unpaired) electrons. The largest absolute Gasteiger partial charge is 0.395 e. The topological polar surface area (TPSA) is 81.2 Å². The molecule has 2 unspecified atom stereocenters. The van der Waals surface area contributed by atoms with Gasteiger partial charge in [0.15, 0.2) is 0 Å². The minimum atomic E-state index is -0.805. The molecule has 2 bridgehead atoms. The van der Waals surface area contributed by atoms with Crippen molar-refractivity contribution in [3.05, 3.63) is 85.0 Å². The molecule has 1 spiro atoms. The van der Waals surface area contributed by atoms with Crippen LogP contribution in [0.25, 0.3) is 0 Å². The van der Waals surface area contributed by atoms with Crippen molar-refractivity contribution in [2.75, 3.05) is 36.0 Å². The van der Waals surface area contributed by atoms with Gasteiger partial charge in [0.2, 0.25) is 11.8 Å². The highest BCUT2D eigenvalue weighted by Crippen LogP contribution is 2.71. The Labute approximate surface area is 246 Å². The van der Waals surface area contributed by atoms with Gasteiger partial charge in [-0.1, -0.05) is 48.6 Å². The number of aryl methyl sites for hydroxylation is 2. The molecular formula is C33H39N3O4S. The summed E-state index contributed by atoms with van der Waals surface area (Å²) in [5, 5.41) is 10.0. The number of carbonyl (C=O) groups excluding carboxylic acids is 3. The average Bonchev–Trinajstić information content (AvgIpc) is 3.52. The molecule has 0 aliphatic carbocycles. The molecule has 3 heterocycles. The third-order valence-electron chi connectivity index (χ3n) is 9.05. The van der Waals surface area contributed by atoms with Gasteiger partial charge in [0.05, 0.1) is 23.2 Å². The van der Waals surface area contributed by atoms with Crippen molar-refractivity contribution in [3.63, 3.8) is 0 Å². The first-order valence-electron chi connectivity index (χ1n) is 14.2. The van der Waals surface area contributed by atoms with E-state index in [0.717, 1.165) is 28.9 Å². The van der Waals surface area contributed by atoms with E-state index < -0.39 is 27.4 Å². The highest BCUT2D eigenvalue weighted by molar-refractivity contribution is 8.02. The fourth-order valence-electron chi connectivity index (χ4n) is 7.46. The minimum absolute atomic E-state index is 0.0371. The number of hydrogen-bond acceptors (Lipinski definition) is 5. The number of hydrogen-bond donors (Lipinski definition) is 1. The molecule has 216 valence electrons. The van der Waals surface area contributed by atoms with Gasteiger partial charge in [0, 0.05) is 35.8 Å². The molecule has 3 aliphatic heterocycles. The predicted molar refractivity (Wildman–Crippen MR) is 165 cm³/mol. The number of anilines is 2. The number of para-hydroxylation sites is 2. The Hall–Kier alpha value is -3.36. The number of β-amino-alcohol motifs (C(OH)–C–C–N with tert-alkyl or cyclic N) is 1. The van der Waals surface area contributed by atoms with Crippen LogP contribution in [0.2, 0.25) is 0 Å². The summed E-state index contributed by atoms with van der Waals surface area (Å²) in [5.41, 5.74) is 3.48. The Morgan fingerprint density at radius 1 is 1.00 bits per heavy atom. The molecule has 5 rings (SSSR count). The number of nitrogens with zero attached hydrogens (tertiary/aromatic N) is 3. The van der Waals surface area contributed by atoms with Crippen LogP contribution in [0.3, 0.4) is 0 Å². The Balaban J connectivity index is 1.60. The van der Waals surface area contributed by atoms with Gasteiger partial charge in [0.1, 0.15) is 6.04 Å². The van der Waals surface area contributed by atoms with Crippen molar-refractivity contribution in [3.8, 4) is 0 Å². The number of aliphatic hydroxyl groups is 1. The number of thioether (sulfide) groups is 1. The fraction of sp³-hybridized carbons (Fsp3) is 0.424. The lowest BCUT2D eigenvalue weighted by Crippen LogP contribution is -2.55. The maximum atomic E-state index is 14.7. The lowest BCUT2D eigenvalue weighted by Gasteiger charge is -2.38. The van der Waals surface area contributed by atoms with E-state index in [9.17, 15) is 19.5 Å². The van der Waals surface area contributed by atoms with Crippen LogP contribution in [0, 0.1) is 25.7 Å². The Kier molecular flexibility index (Phi) is 7.92. The zero-order valence-corrected chi connectivity index (χ0v) is 24.9. The van der Waals surface area contributed by atoms with Gasteiger partial charge in [-0.25, -0.2) is 0 Å². The number of rotatable bonds is 10. The van der Waals surface area contributed by atoms with E-state index in [1.165, 1.54) is 0 Å². The molecule has 3 fully saturated rings. The van der Waals surface area contributed by atoms with Crippen molar-refractivity contribution in [2.45, 2.75) is 49.1 Å². The van der Waals surface area contributed by atoms with Gasteiger partial charge >= 0.3 is 0 Å². The Morgan fingerprint density at radius 2 is 1.63 bits per heavy atom. The smallest absolute Gasteiger partial charge is 0.251 e. The van der Waals surface area contributed by atoms with Crippen LogP contribution in [0.15, 0.2) is 73.8 Å². The molecule has 8 heteroatoms. The number of carbonyl (C=O) groups is 3. The van der Waals surface area contributed by atoms with Gasteiger partial charge in [-0.05, 0) is 56.9 Å². The number of benzene rings is 2. The standard InChI is InChI=1S/C33H39N3O4S/c1-6-18-34(24-14-9-8-10-15-24)29(38)25-26-30(39)36(20-21-37)28(33(26)17-16-32(25,5)41-33)31(40)35(19-7-2)27-22(3)12-11-13-23(27)4/h6-15,25-26,28,37H,1-2,16-21H2,3-5H3/t25-,26-,28?,32+,33?/m0/s1. The summed E-state index contributed by atoms with van der Waals surface area (Å²) < 4.78 is -1.28. The van der Waals surface area contributed by atoms with Crippen LogP contribution in [0.4, 0.5) is 11.4 Å². The van der Waals surface area contributed by atoms with Crippen molar-refractivity contribution in [1.82, 2.24) is 4.90 Å². The van der Waals surface area contributed by atoms with Crippen molar-refractivity contribution in [2.24, 2.45) is 11.8 Å². The van der Waals surface area contributed by atoms with Crippen LogP contribution < -0.4 is 9.80 Å². The van der Waals surface area contributed by atoms with Crippen LogP contribution in [0.5, 0.6) is 0 Å². The SMILES string of the molecule is C=CCN(C(=O)[C@@H]1[C@H]2C(=O)N(CCO)C(C(=O)N(CC=C)c3c(C)cccc3C)C23CC[C@@]1(C)S3)c1ccccc1. The first-order valence-corrected chi connectivity index (χ1v) is 15.0. The average molecular weight is 574 g/mol. The molecule has 3 amide bonds. The molecular weight excluding hydrogens is 534 g/mol. The second kappa shape index (κ2) is 11.1. The summed E-state index contributed by atoms with van der Waals surface area (Å²) in [6.45, 7) is 14.2. The van der Waals surface area contributed by atoms with Gasteiger partial charge in [-0.15, -0.1) is 24.9 Å². The molecule has 0 saturated carbocycles. The quantitative estimate of drug-likeness (QED) is 0.423. The summed E-state index contributed by atoms with van der Waals surface area (Å²) in [6, 6.07) is 14.6. The van der Waals surface area contributed by atoms with Gasteiger partial charge < -0.3 is 19.8 Å². The van der Waals surface area contributed by atoms with Crippen LogP contribution in [-0.4, -0.2) is 69.5 Å². The molecule has 41 heavy (non-hydrogen) atoms. The fourth-order valence-corrected chi connectivity index (χ4v) is 9.80. The lowest BCUT2D eigenvalue weighted by molar-refractivity contribution is -0.140. The van der Waals surface area contributed by atoms with Crippen molar-refractivity contribution < 1.29 is 19.5 Å². The van der Waals surface area contributed by atoms with Gasteiger partial charge in [-0.2, -0.15) is 0 Å². The zero-order valence-electron chi connectivity index (χ0n) is 24.1. The number of aliphatic hydroxyl groups excluding tert-OH is 1. The number of fused-ring (bicyclic) bond motifs is 1. The second-order valence-corrected chi connectivity index (χ2v) is 13.4. The monoisotopic (exact) mass is 573 g/mol. The summed E-state index contributed by atoms with van der Waals surface area (Å²) in [4.78, 5) is 48.5. The maximum absolute atomic E-state index is 14.7. The van der Waals surface area contributed by atoms with E-state index >= 15 is 0 Å². The third kappa shape index (κ3) is 4.52. The third-order valence-corrected chi connectivity index (χ3v) is 11.0. The summed E-state index contributed by atoms with van der Waals surface area (Å²) in [5.74, 6) is -1.82. The van der Waals surface area contributed by atoms with E-state index in [1.807, 2.05) is 62.4 Å². The lowest BCUT2D eigenvalue weighted by atomic mass is 9.66. The molecule has 0 aromatic heterocycles. The molecule has 5 atom stereocenters. The molecule has 1 N–H and O–H groups in total. The molecule has 2 aromatic rings. The van der Waals surface area contributed by atoms with Crippen LogP contribution >= 0.6 is 11.8 Å². The number of amides is 3. The maximum Gasteiger partial charge on any atom is 0.251 e. The normalized spacial score (nSPS) is 28.0. The van der Waals surface area contributed by atoms with Crippen molar-refractivity contribution in [1.29, 1.82) is 0 Å². The van der Waals surface area contributed by atoms with E-state index in [0.29, 0.717) is 13.0 Å². The second-order valence-electron chi connectivity index (χ2n) is 11.5. The summed E-state index contributed by atoms with van der Waals surface area (Å²) >= 11 is 1.64. The van der Waals surface area contributed by atoms with Crippen molar-refractivity contribution >= 4 is 40.9 Å². The molecule has 3 saturated heterocycles. The molecule has 7 nitrogen and oxygen atoms in total. The van der Waals surface area contributed by atoms with Crippen LogP contribution in [0.1, 0.15) is 30.9 Å². The van der Waals surface area contributed by atoms with Gasteiger partial charge in [0.25, 0.3) is 5.91 Å². The Bertz CT molecular complexity index is 1360. The van der Waals surface area contributed by atoms with Gasteiger partial charge in [-0.3, -0.25) is 14.4 Å². The first-order chi connectivity index (χ1) is 19.6. The van der Waals surface area contributed by atoms with E-state index in [1.54, 1.807) is 38.6 Å². The first kappa shape index (κ1) is 29.1. The minimum Gasteiger partial charge on any atom is -0.395 e. The highest BCUT2D eigenvalue weighted by Gasteiger charge is 2.77.